The average molecular weight is 351 g/mol. The molecule has 0 atom stereocenters. The zero-order valence-corrected chi connectivity index (χ0v) is 14.5. The molecule has 0 aliphatic rings. The van der Waals surface area contributed by atoms with Gasteiger partial charge in [-0.1, -0.05) is 0 Å². The number of sulfonamides is 1. The number of nitrogens with zero attached hydrogens (tertiary/aromatic N) is 2. The Labute approximate surface area is 142 Å². The van der Waals surface area contributed by atoms with E-state index in [-0.39, 0.29) is 18.9 Å². The summed E-state index contributed by atoms with van der Waals surface area (Å²) in [4.78, 5) is 0. The molecule has 2 aromatic rings. The van der Waals surface area contributed by atoms with Gasteiger partial charge in [-0.2, -0.15) is 0 Å². The van der Waals surface area contributed by atoms with Crippen molar-refractivity contribution < 1.29 is 17.9 Å². The summed E-state index contributed by atoms with van der Waals surface area (Å²) in [7, 11) is -3.20. The van der Waals surface area contributed by atoms with Crippen LogP contribution < -0.4 is 14.2 Å². The minimum Gasteiger partial charge on any atom is -0.494 e. The van der Waals surface area contributed by atoms with Crippen LogP contribution in [0.2, 0.25) is 0 Å². The van der Waals surface area contributed by atoms with Crippen molar-refractivity contribution >= 4 is 10.0 Å². The molecule has 0 unspecified atom stereocenters. The molecular weight excluding hydrogens is 330 g/mol. The second-order valence-electron chi connectivity index (χ2n) is 4.86. The van der Waals surface area contributed by atoms with Gasteiger partial charge in [0.25, 0.3) is 0 Å². The zero-order valence-electron chi connectivity index (χ0n) is 13.7. The summed E-state index contributed by atoms with van der Waals surface area (Å²) in [6.45, 7) is 4.52. The summed E-state index contributed by atoms with van der Waals surface area (Å²) in [6, 6.07) is 11.1. The highest BCUT2D eigenvalue weighted by Gasteiger charge is 2.06. The van der Waals surface area contributed by atoms with Gasteiger partial charge in [-0.15, -0.1) is 10.2 Å². The summed E-state index contributed by atoms with van der Waals surface area (Å²) >= 11 is 0. The zero-order chi connectivity index (χ0) is 17.4. The van der Waals surface area contributed by atoms with Gasteiger partial charge in [0.1, 0.15) is 12.4 Å². The van der Waals surface area contributed by atoms with Gasteiger partial charge in [-0.25, -0.2) is 13.1 Å². The van der Waals surface area contributed by atoms with Gasteiger partial charge in [0.05, 0.1) is 18.1 Å². The van der Waals surface area contributed by atoms with Crippen molar-refractivity contribution in [3.05, 3.63) is 36.4 Å². The Bertz CT molecular complexity index is 731. The predicted octanol–water partition coefficient (Wildman–Crippen LogP) is 1.86. The largest absolute Gasteiger partial charge is 0.494 e. The van der Waals surface area contributed by atoms with Gasteiger partial charge in [-0.05, 0) is 44.2 Å². The molecule has 0 aliphatic carbocycles. The van der Waals surface area contributed by atoms with E-state index in [9.17, 15) is 8.42 Å². The van der Waals surface area contributed by atoms with E-state index >= 15 is 0 Å². The first-order valence-electron chi connectivity index (χ1n) is 7.71. The predicted molar refractivity (Wildman–Crippen MR) is 91.6 cm³/mol. The molecule has 1 heterocycles. The third kappa shape index (κ3) is 5.47. The van der Waals surface area contributed by atoms with Crippen molar-refractivity contribution in [1.29, 1.82) is 0 Å². The fraction of sp³-hybridized carbons (Fsp3) is 0.375. The standard InChI is InChI=1S/C16H21N3O4S/c1-3-22-14-7-5-13(6-8-14)15-9-10-16(19-18-15)23-12-11-17-24(20,21)4-2/h5-10,17H,3-4,11-12H2,1-2H3. The number of hydrogen-bond donors (Lipinski definition) is 1. The van der Waals surface area contributed by atoms with Crippen molar-refractivity contribution in [1.82, 2.24) is 14.9 Å². The van der Waals surface area contributed by atoms with Gasteiger partial charge in [0.2, 0.25) is 15.9 Å². The first kappa shape index (κ1) is 18.2. The van der Waals surface area contributed by atoms with E-state index in [4.69, 9.17) is 9.47 Å². The van der Waals surface area contributed by atoms with Gasteiger partial charge in [0, 0.05) is 18.2 Å². The molecule has 8 heteroatoms. The highest BCUT2D eigenvalue weighted by Crippen LogP contribution is 2.21. The Kier molecular flexibility index (Phi) is 6.51. The first-order chi connectivity index (χ1) is 11.5. The molecule has 0 saturated carbocycles. The van der Waals surface area contributed by atoms with Crippen LogP contribution in [0.3, 0.4) is 0 Å². The molecule has 1 N–H and O–H groups in total. The second-order valence-corrected chi connectivity index (χ2v) is 6.96. The molecule has 24 heavy (non-hydrogen) atoms. The molecule has 0 amide bonds. The minimum absolute atomic E-state index is 0.0452. The highest BCUT2D eigenvalue weighted by molar-refractivity contribution is 7.89. The highest BCUT2D eigenvalue weighted by atomic mass is 32.2. The van der Waals surface area contributed by atoms with Crippen LogP contribution in [0.15, 0.2) is 36.4 Å². The van der Waals surface area contributed by atoms with E-state index < -0.39 is 10.0 Å². The van der Waals surface area contributed by atoms with Crippen LogP contribution in [0.4, 0.5) is 0 Å². The molecule has 130 valence electrons. The first-order valence-corrected chi connectivity index (χ1v) is 9.36. The lowest BCUT2D eigenvalue weighted by Gasteiger charge is -2.07. The van der Waals surface area contributed by atoms with E-state index in [1.165, 1.54) is 0 Å². The Balaban J connectivity index is 1.88. The molecular formula is C16H21N3O4S. The van der Waals surface area contributed by atoms with Crippen LogP contribution >= 0.6 is 0 Å². The van der Waals surface area contributed by atoms with Crippen LogP contribution in [0.5, 0.6) is 11.6 Å². The summed E-state index contributed by atoms with van der Waals surface area (Å²) in [5, 5.41) is 8.10. The van der Waals surface area contributed by atoms with Crippen molar-refractivity contribution in [3.63, 3.8) is 0 Å². The molecule has 0 radical (unpaired) electrons. The van der Waals surface area contributed by atoms with Crippen LogP contribution in [0.25, 0.3) is 11.3 Å². The number of rotatable bonds is 9. The summed E-state index contributed by atoms with van der Waals surface area (Å²) in [5.74, 6) is 1.20. The van der Waals surface area contributed by atoms with Gasteiger partial charge in [-0.3, -0.25) is 0 Å². The summed E-state index contributed by atoms with van der Waals surface area (Å²) in [6.07, 6.45) is 0. The number of benzene rings is 1. The summed E-state index contributed by atoms with van der Waals surface area (Å²) < 4.78 is 35.7. The van der Waals surface area contributed by atoms with Gasteiger partial charge in [0.15, 0.2) is 0 Å². The number of hydrogen-bond acceptors (Lipinski definition) is 6. The molecule has 7 nitrogen and oxygen atoms in total. The topological polar surface area (TPSA) is 90.4 Å². The summed E-state index contributed by atoms with van der Waals surface area (Å²) in [5.41, 5.74) is 1.64. The molecule has 0 bridgehead atoms. The minimum atomic E-state index is -3.20. The van der Waals surface area contributed by atoms with E-state index in [0.717, 1.165) is 17.0 Å². The van der Waals surface area contributed by atoms with E-state index in [1.54, 1.807) is 19.1 Å². The lowest BCUT2D eigenvalue weighted by Crippen LogP contribution is -2.29. The molecule has 0 spiro atoms. The normalized spacial score (nSPS) is 11.2. The Morgan fingerprint density at radius 2 is 1.75 bits per heavy atom. The molecule has 1 aromatic heterocycles. The van der Waals surface area contributed by atoms with Crippen LogP contribution in [0.1, 0.15) is 13.8 Å². The lowest BCUT2D eigenvalue weighted by molar-refractivity contribution is 0.307. The van der Waals surface area contributed by atoms with Crippen molar-refractivity contribution in [2.75, 3.05) is 25.5 Å². The number of nitrogens with one attached hydrogen (secondary N) is 1. The number of ether oxygens (including phenoxy) is 2. The van der Waals surface area contributed by atoms with E-state index in [0.29, 0.717) is 12.5 Å². The Morgan fingerprint density at radius 3 is 2.33 bits per heavy atom. The second kappa shape index (κ2) is 8.60. The fourth-order valence-electron chi connectivity index (χ4n) is 1.89. The van der Waals surface area contributed by atoms with E-state index in [2.05, 4.69) is 14.9 Å². The maximum atomic E-state index is 11.3. The fourth-order valence-corrected chi connectivity index (χ4v) is 2.49. The smallest absolute Gasteiger partial charge is 0.233 e. The molecule has 1 aromatic carbocycles. The van der Waals surface area contributed by atoms with Crippen molar-refractivity contribution in [2.24, 2.45) is 0 Å². The van der Waals surface area contributed by atoms with E-state index in [1.807, 2.05) is 31.2 Å². The van der Waals surface area contributed by atoms with Crippen molar-refractivity contribution in [3.8, 4) is 22.9 Å². The Hall–Kier alpha value is -2.19. The van der Waals surface area contributed by atoms with Crippen LogP contribution in [-0.4, -0.2) is 44.1 Å². The SMILES string of the molecule is CCOc1ccc(-c2ccc(OCCNS(=O)(=O)CC)nn2)cc1. The average Bonchev–Trinajstić information content (AvgIpc) is 2.60. The lowest BCUT2D eigenvalue weighted by atomic mass is 10.1. The van der Waals surface area contributed by atoms with Gasteiger partial charge < -0.3 is 9.47 Å². The molecule has 0 aliphatic heterocycles. The Morgan fingerprint density at radius 1 is 1.00 bits per heavy atom. The third-order valence-corrected chi connectivity index (χ3v) is 4.56. The third-order valence-electron chi connectivity index (χ3n) is 3.16. The van der Waals surface area contributed by atoms with Crippen LogP contribution in [-0.2, 0) is 10.0 Å². The van der Waals surface area contributed by atoms with Gasteiger partial charge >= 0.3 is 0 Å². The van der Waals surface area contributed by atoms with Crippen molar-refractivity contribution in [2.45, 2.75) is 13.8 Å². The maximum Gasteiger partial charge on any atom is 0.233 e. The molecule has 0 saturated heterocycles. The number of aromatic nitrogens is 2. The van der Waals surface area contributed by atoms with Crippen LogP contribution in [0, 0.1) is 0 Å². The monoisotopic (exact) mass is 351 g/mol. The maximum absolute atomic E-state index is 11.3. The molecule has 2 rings (SSSR count). The quantitative estimate of drug-likeness (QED) is 0.694. The molecule has 0 fully saturated rings.